The zero-order valence-corrected chi connectivity index (χ0v) is 12.3. The summed E-state index contributed by atoms with van der Waals surface area (Å²) in [7, 11) is 0. The van der Waals surface area contributed by atoms with E-state index in [0.29, 0.717) is 10.7 Å². The molecule has 4 N–H and O–H groups in total. The summed E-state index contributed by atoms with van der Waals surface area (Å²) >= 11 is 9.25. The monoisotopic (exact) mass is 357 g/mol. The van der Waals surface area contributed by atoms with Gasteiger partial charge in [-0.2, -0.15) is 0 Å². The Kier molecular flexibility index (Phi) is 4.38. The summed E-state index contributed by atoms with van der Waals surface area (Å²) in [5.41, 5.74) is 2.80. The van der Waals surface area contributed by atoms with Crippen LogP contribution in [0.2, 0.25) is 5.02 Å². The molecule has 0 bridgehead atoms. The highest BCUT2D eigenvalue weighted by atomic mass is 79.9. The van der Waals surface area contributed by atoms with Gasteiger partial charge in [-0.05, 0) is 34.1 Å². The van der Waals surface area contributed by atoms with Crippen molar-refractivity contribution in [2.45, 2.75) is 0 Å². The molecule has 0 atom stereocenters. The first-order chi connectivity index (χ1) is 9.49. The second-order valence-electron chi connectivity index (χ2n) is 3.75. The number of nitrogens with two attached hydrogens (primary N) is 1. The van der Waals surface area contributed by atoms with Gasteiger partial charge in [0.25, 0.3) is 5.69 Å². The molecule has 9 heteroatoms. The minimum absolute atomic E-state index is 0.126. The van der Waals surface area contributed by atoms with Crippen molar-refractivity contribution in [3.05, 3.63) is 49.9 Å². The smallest absolute Gasteiger partial charge is 0.276 e. The van der Waals surface area contributed by atoms with E-state index in [0.717, 1.165) is 4.47 Å². The zero-order valence-electron chi connectivity index (χ0n) is 9.93. The van der Waals surface area contributed by atoms with Crippen LogP contribution in [-0.2, 0) is 0 Å². The van der Waals surface area contributed by atoms with Gasteiger partial charge in [-0.3, -0.25) is 10.1 Å². The summed E-state index contributed by atoms with van der Waals surface area (Å²) < 4.78 is 0.751. The van der Waals surface area contributed by atoms with Crippen molar-refractivity contribution in [2.75, 3.05) is 10.7 Å². The van der Waals surface area contributed by atoms with Gasteiger partial charge in [0.05, 0.1) is 22.1 Å². The summed E-state index contributed by atoms with van der Waals surface area (Å²) in [4.78, 5) is 14.4. The zero-order chi connectivity index (χ0) is 14.7. The largest absolute Gasteiger partial charge is 0.340 e. The molecular weight excluding hydrogens is 350 g/mol. The van der Waals surface area contributed by atoms with E-state index in [9.17, 15) is 10.1 Å². The lowest BCUT2D eigenvalue weighted by Crippen LogP contribution is -2.10. The molecule has 0 saturated carbocycles. The third-order valence-electron chi connectivity index (χ3n) is 2.36. The van der Waals surface area contributed by atoms with Gasteiger partial charge in [0.2, 0.25) is 0 Å². The molecule has 7 nitrogen and oxygen atoms in total. The number of nitrogens with one attached hydrogen (secondary N) is 2. The number of pyridine rings is 1. The molecule has 0 fully saturated rings. The SMILES string of the molecule is NNc1cc([N+](=O)[O-])cc(Nc2ccc(Br)c(Cl)c2)n1. The molecule has 0 unspecified atom stereocenters. The number of nitro groups is 1. The number of benzene rings is 1. The number of anilines is 3. The number of aromatic nitrogens is 1. The van der Waals surface area contributed by atoms with E-state index in [1.54, 1.807) is 18.2 Å². The van der Waals surface area contributed by atoms with E-state index in [-0.39, 0.29) is 17.3 Å². The molecule has 104 valence electrons. The van der Waals surface area contributed by atoms with Crippen LogP contribution in [0, 0.1) is 10.1 Å². The number of hydrogen-bond donors (Lipinski definition) is 3. The van der Waals surface area contributed by atoms with E-state index in [4.69, 9.17) is 17.4 Å². The lowest BCUT2D eigenvalue weighted by molar-refractivity contribution is -0.384. The molecule has 0 aliphatic heterocycles. The molecule has 2 rings (SSSR count). The summed E-state index contributed by atoms with van der Waals surface area (Å²) in [5.74, 6) is 5.70. The van der Waals surface area contributed by atoms with Crippen LogP contribution in [-0.4, -0.2) is 9.91 Å². The second-order valence-corrected chi connectivity index (χ2v) is 5.01. The van der Waals surface area contributed by atoms with Gasteiger partial charge in [-0.15, -0.1) is 0 Å². The van der Waals surface area contributed by atoms with E-state index in [2.05, 4.69) is 31.7 Å². The van der Waals surface area contributed by atoms with Crippen molar-refractivity contribution >= 4 is 50.5 Å². The molecule has 2 aromatic rings. The molecule has 0 aliphatic rings. The predicted molar refractivity (Wildman–Crippen MR) is 81.1 cm³/mol. The predicted octanol–water partition coefficient (Wildman–Crippen LogP) is 3.43. The van der Waals surface area contributed by atoms with E-state index in [1.165, 1.54) is 12.1 Å². The van der Waals surface area contributed by atoms with Gasteiger partial charge in [0.15, 0.2) is 0 Å². The fraction of sp³-hybridized carbons (Fsp3) is 0. The first-order valence-corrected chi connectivity index (χ1v) is 6.52. The lowest BCUT2D eigenvalue weighted by Gasteiger charge is -2.08. The van der Waals surface area contributed by atoms with Gasteiger partial charge in [-0.25, -0.2) is 10.8 Å². The minimum Gasteiger partial charge on any atom is -0.340 e. The molecule has 0 aliphatic carbocycles. The van der Waals surface area contributed by atoms with Crippen molar-refractivity contribution in [3.8, 4) is 0 Å². The fourth-order valence-electron chi connectivity index (χ4n) is 1.48. The van der Waals surface area contributed by atoms with Gasteiger partial charge >= 0.3 is 0 Å². The van der Waals surface area contributed by atoms with Crippen molar-refractivity contribution in [2.24, 2.45) is 5.84 Å². The molecule has 20 heavy (non-hydrogen) atoms. The highest BCUT2D eigenvalue weighted by Crippen LogP contribution is 2.28. The number of hydrazine groups is 1. The van der Waals surface area contributed by atoms with E-state index < -0.39 is 4.92 Å². The van der Waals surface area contributed by atoms with Gasteiger partial charge in [-0.1, -0.05) is 11.6 Å². The quantitative estimate of drug-likeness (QED) is 0.439. The summed E-state index contributed by atoms with van der Waals surface area (Å²) in [5, 5.41) is 14.3. The Balaban J connectivity index is 2.34. The highest BCUT2D eigenvalue weighted by molar-refractivity contribution is 9.10. The Morgan fingerprint density at radius 3 is 2.60 bits per heavy atom. The second kappa shape index (κ2) is 6.04. The fourth-order valence-corrected chi connectivity index (χ4v) is 1.91. The number of rotatable bonds is 4. The molecule has 0 amide bonds. The van der Waals surface area contributed by atoms with Crippen molar-refractivity contribution in [1.82, 2.24) is 4.98 Å². The van der Waals surface area contributed by atoms with Crippen LogP contribution < -0.4 is 16.6 Å². The minimum atomic E-state index is -0.526. The van der Waals surface area contributed by atoms with Crippen LogP contribution in [0.3, 0.4) is 0 Å². The number of halogens is 2. The number of hydrogen-bond acceptors (Lipinski definition) is 6. The van der Waals surface area contributed by atoms with E-state index >= 15 is 0 Å². The molecule has 0 saturated heterocycles. The van der Waals surface area contributed by atoms with Crippen LogP contribution >= 0.6 is 27.5 Å². The van der Waals surface area contributed by atoms with Gasteiger partial charge < -0.3 is 10.7 Å². The third-order valence-corrected chi connectivity index (χ3v) is 3.59. The van der Waals surface area contributed by atoms with Crippen LogP contribution in [0.25, 0.3) is 0 Å². The van der Waals surface area contributed by atoms with Crippen LogP contribution in [0.1, 0.15) is 0 Å². The normalized spacial score (nSPS) is 10.2. The first-order valence-electron chi connectivity index (χ1n) is 5.35. The van der Waals surface area contributed by atoms with Crippen molar-refractivity contribution in [1.29, 1.82) is 0 Å². The maximum Gasteiger partial charge on any atom is 0.276 e. The molecular formula is C11H9BrClN5O2. The average molecular weight is 359 g/mol. The Morgan fingerprint density at radius 1 is 1.30 bits per heavy atom. The van der Waals surface area contributed by atoms with Gasteiger partial charge in [0, 0.05) is 10.2 Å². The van der Waals surface area contributed by atoms with Crippen LogP contribution in [0.5, 0.6) is 0 Å². The highest BCUT2D eigenvalue weighted by Gasteiger charge is 2.11. The number of nitrogens with zero attached hydrogens (tertiary/aromatic N) is 2. The molecule has 0 radical (unpaired) electrons. The van der Waals surface area contributed by atoms with Gasteiger partial charge in [0.1, 0.15) is 11.6 Å². The average Bonchev–Trinajstić information content (AvgIpc) is 2.42. The standard InChI is InChI=1S/C11H9BrClN5O2/c12-8-2-1-6(3-9(8)13)15-10-4-7(18(19)20)5-11(16-10)17-14/h1-5H,14H2,(H2,15,16,17). The Bertz CT molecular complexity index is 667. The summed E-state index contributed by atoms with van der Waals surface area (Å²) in [6.07, 6.45) is 0. The molecule has 0 spiro atoms. The van der Waals surface area contributed by atoms with Crippen molar-refractivity contribution in [3.63, 3.8) is 0 Å². The van der Waals surface area contributed by atoms with Crippen molar-refractivity contribution < 1.29 is 4.92 Å². The summed E-state index contributed by atoms with van der Waals surface area (Å²) in [6.45, 7) is 0. The Labute approximate surface area is 127 Å². The maximum absolute atomic E-state index is 10.8. The topological polar surface area (TPSA) is 106 Å². The lowest BCUT2D eigenvalue weighted by atomic mass is 10.3. The van der Waals surface area contributed by atoms with Crippen LogP contribution in [0.15, 0.2) is 34.8 Å². The Morgan fingerprint density at radius 2 is 2.00 bits per heavy atom. The number of nitrogen functional groups attached to an aromatic ring is 1. The molecule has 1 heterocycles. The van der Waals surface area contributed by atoms with Crippen LogP contribution in [0.4, 0.5) is 23.0 Å². The maximum atomic E-state index is 10.8. The summed E-state index contributed by atoms with van der Waals surface area (Å²) in [6, 6.07) is 7.72. The van der Waals surface area contributed by atoms with E-state index in [1.807, 2.05) is 0 Å². The third kappa shape index (κ3) is 3.35. The first kappa shape index (κ1) is 14.5. The molecule has 1 aromatic carbocycles. The Hall–Kier alpha value is -1.90. The molecule has 1 aromatic heterocycles.